The molecule has 0 saturated heterocycles. The van der Waals surface area contributed by atoms with Crippen molar-refractivity contribution in [2.24, 2.45) is 0 Å². The molecule has 0 bridgehead atoms. The van der Waals surface area contributed by atoms with E-state index >= 15 is 0 Å². The minimum absolute atomic E-state index is 0.0800. The van der Waals surface area contributed by atoms with Crippen LogP contribution in [0.3, 0.4) is 0 Å². The van der Waals surface area contributed by atoms with Crippen molar-refractivity contribution in [2.45, 2.75) is 6.92 Å². The highest BCUT2D eigenvalue weighted by molar-refractivity contribution is 6.25. The fraction of sp³-hybridized carbons (Fsp3) is 0.250. The first-order valence-electron chi connectivity index (χ1n) is 4.90. The summed E-state index contributed by atoms with van der Waals surface area (Å²) in [6.45, 7) is 1.67. The van der Waals surface area contributed by atoms with E-state index in [1.165, 1.54) is 25.2 Å². The van der Waals surface area contributed by atoms with Crippen LogP contribution in [0, 0.1) is 5.82 Å². The third-order valence-electron chi connectivity index (χ3n) is 2.03. The first kappa shape index (κ1) is 12.9. The maximum atomic E-state index is 13.6. The van der Waals surface area contributed by atoms with E-state index in [2.05, 4.69) is 4.74 Å². The van der Waals surface area contributed by atoms with Gasteiger partial charge in [-0.2, -0.15) is 0 Å². The topological polar surface area (TPSA) is 52.6 Å². The van der Waals surface area contributed by atoms with Gasteiger partial charge in [0.05, 0.1) is 19.3 Å². The largest absolute Gasteiger partial charge is 0.496 e. The molecule has 0 unspecified atom stereocenters. The van der Waals surface area contributed by atoms with Crippen LogP contribution in [-0.4, -0.2) is 25.6 Å². The minimum Gasteiger partial charge on any atom is -0.496 e. The molecular weight excluding hydrogens is 227 g/mol. The van der Waals surface area contributed by atoms with Gasteiger partial charge in [-0.1, -0.05) is 6.07 Å². The highest BCUT2D eigenvalue weighted by Gasteiger charge is 2.22. The number of carbonyl (C=O) groups excluding carboxylic acids is 2. The summed E-state index contributed by atoms with van der Waals surface area (Å²) in [7, 11) is 1.31. The molecule has 1 rings (SSSR count). The summed E-state index contributed by atoms with van der Waals surface area (Å²) in [4.78, 5) is 22.2. The first-order chi connectivity index (χ1) is 8.15. The number of ether oxygens (including phenoxy) is 2. The van der Waals surface area contributed by atoms with Crippen LogP contribution < -0.4 is 4.74 Å². The lowest BCUT2D eigenvalue weighted by Gasteiger charge is -2.09. The van der Waals surface area contributed by atoms with Crippen molar-refractivity contribution < 1.29 is 23.5 Å². The van der Waals surface area contributed by atoms with Crippen LogP contribution >= 0.6 is 0 Å². The van der Waals surface area contributed by atoms with Gasteiger partial charge in [-0.3, -0.25) is 0 Å². The summed E-state index contributed by atoms with van der Waals surface area (Å²) in [5, 5.41) is 0. The SMILES string of the molecule is CCOC(=O)C(=C=O)c1c(F)cccc1OC. The van der Waals surface area contributed by atoms with Crippen molar-refractivity contribution in [3.63, 3.8) is 0 Å². The molecular formula is C12H11FO4. The molecule has 0 spiro atoms. The Morgan fingerprint density at radius 3 is 2.71 bits per heavy atom. The zero-order chi connectivity index (χ0) is 12.8. The predicted octanol–water partition coefficient (Wildman–Crippen LogP) is 1.61. The van der Waals surface area contributed by atoms with Crippen LogP contribution in [-0.2, 0) is 14.3 Å². The number of esters is 1. The summed E-state index contributed by atoms with van der Waals surface area (Å²) in [5.74, 6) is -0.195. The number of rotatable bonds is 4. The van der Waals surface area contributed by atoms with Crippen molar-refractivity contribution in [1.82, 2.24) is 0 Å². The lowest BCUT2D eigenvalue weighted by molar-refractivity contribution is -0.136. The molecule has 90 valence electrons. The third-order valence-corrected chi connectivity index (χ3v) is 2.03. The Morgan fingerprint density at radius 1 is 1.47 bits per heavy atom. The molecule has 0 aliphatic heterocycles. The molecule has 0 saturated carbocycles. The molecule has 0 fully saturated rings. The second-order valence-electron chi connectivity index (χ2n) is 3.01. The fourth-order valence-corrected chi connectivity index (χ4v) is 1.32. The normalized spacial score (nSPS) is 9.35. The van der Waals surface area contributed by atoms with E-state index in [-0.39, 0.29) is 17.9 Å². The molecule has 4 nitrogen and oxygen atoms in total. The zero-order valence-electron chi connectivity index (χ0n) is 9.45. The van der Waals surface area contributed by atoms with Gasteiger partial charge in [0, 0.05) is 0 Å². The summed E-state index contributed by atoms with van der Waals surface area (Å²) < 4.78 is 23.1. The molecule has 1 aromatic carbocycles. The quantitative estimate of drug-likeness (QED) is 0.454. The number of benzene rings is 1. The molecule has 0 radical (unpaired) electrons. The van der Waals surface area contributed by atoms with E-state index in [1.54, 1.807) is 6.92 Å². The van der Waals surface area contributed by atoms with E-state index in [9.17, 15) is 14.0 Å². The number of carbonyl (C=O) groups is 1. The van der Waals surface area contributed by atoms with Crippen molar-refractivity contribution in [3.05, 3.63) is 29.6 Å². The zero-order valence-corrected chi connectivity index (χ0v) is 9.45. The molecule has 0 heterocycles. The van der Waals surface area contributed by atoms with E-state index in [0.29, 0.717) is 0 Å². The maximum absolute atomic E-state index is 13.6. The smallest absolute Gasteiger partial charge is 0.350 e. The Labute approximate surface area is 97.6 Å². The van der Waals surface area contributed by atoms with Crippen molar-refractivity contribution >= 4 is 17.5 Å². The molecule has 0 atom stereocenters. The van der Waals surface area contributed by atoms with Crippen LogP contribution in [0.5, 0.6) is 5.75 Å². The lowest BCUT2D eigenvalue weighted by Crippen LogP contribution is -2.10. The minimum atomic E-state index is -0.925. The molecule has 0 aromatic heterocycles. The Balaban J connectivity index is 3.31. The second kappa shape index (κ2) is 5.82. The van der Waals surface area contributed by atoms with E-state index in [1.807, 2.05) is 0 Å². The van der Waals surface area contributed by atoms with E-state index in [4.69, 9.17) is 4.74 Å². The number of methoxy groups -OCH3 is 1. The summed E-state index contributed by atoms with van der Waals surface area (Å²) >= 11 is 0. The van der Waals surface area contributed by atoms with Crippen molar-refractivity contribution in [3.8, 4) is 5.75 Å². The molecule has 0 N–H and O–H groups in total. The van der Waals surface area contributed by atoms with Gasteiger partial charge in [0.25, 0.3) is 0 Å². The van der Waals surface area contributed by atoms with Crippen molar-refractivity contribution in [1.29, 1.82) is 0 Å². The number of hydrogen-bond donors (Lipinski definition) is 0. The van der Waals surface area contributed by atoms with Gasteiger partial charge < -0.3 is 9.47 Å². The van der Waals surface area contributed by atoms with Gasteiger partial charge in [-0.25, -0.2) is 14.0 Å². The molecule has 0 amide bonds. The first-order valence-corrected chi connectivity index (χ1v) is 4.90. The highest BCUT2D eigenvalue weighted by Crippen LogP contribution is 2.27. The fourth-order valence-electron chi connectivity index (χ4n) is 1.32. The highest BCUT2D eigenvalue weighted by atomic mass is 19.1. The summed E-state index contributed by atoms with van der Waals surface area (Å²) in [6.07, 6.45) is 0. The van der Waals surface area contributed by atoms with Gasteiger partial charge in [0.1, 0.15) is 17.5 Å². The van der Waals surface area contributed by atoms with Crippen LogP contribution in [0.4, 0.5) is 4.39 Å². The standard InChI is InChI=1S/C12H11FO4/c1-3-17-12(15)8(7-14)11-9(13)5-4-6-10(11)16-2/h4-6H,3H2,1-2H3. The number of hydrogen-bond acceptors (Lipinski definition) is 4. The Bertz CT molecular complexity index is 475. The maximum Gasteiger partial charge on any atom is 0.350 e. The van der Waals surface area contributed by atoms with E-state index < -0.39 is 17.4 Å². The predicted molar refractivity (Wildman–Crippen MR) is 58.7 cm³/mol. The van der Waals surface area contributed by atoms with Crippen LogP contribution in [0.2, 0.25) is 0 Å². The van der Waals surface area contributed by atoms with Gasteiger partial charge in [-0.05, 0) is 19.1 Å². The van der Waals surface area contributed by atoms with Gasteiger partial charge >= 0.3 is 5.97 Å². The van der Waals surface area contributed by atoms with Gasteiger partial charge in [0.2, 0.25) is 0 Å². The van der Waals surface area contributed by atoms with Crippen molar-refractivity contribution in [2.75, 3.05) is 13.7 Å². The van der Waals surface area contributed by atoms with Crippen LogP contribution in [0.25, 0.3) is 5.57 Å². The van der Waals surface area contributed by atoms with Crippen LogP contribution in [0.15, 0.2) is 18.2 Å². The molecule has 5 heteroatoms. The molecule has 0 aliphatic rings. The Morgan fingerprint density at radius 2 is 2.18 bits per heavy atom. The average Bonchev–Trinajstić information content (AvgIpc) is 2.32. The average molecular weight is 238 g/mol. The third kappa shape index (κ3) is 2.71. The van der Waals surface area contributed by atoms with E-state index in [0.717, 1.165) is 6.07 Å². The monoisotopic (exact) mass is 238 g/mol. The van der Waals surface area contributed by atoms with Crippen LogP contribution in [0.1, 0.15) is 12.5 Å². The molecule has 0 aliphatic carbocycles. The Kier molecular flexibility index (Phi) is 4.43. The molecule has 17 heavy (non-hydrogen) atoms. The Hall–Kier alpha value is -2.13. The van der Waals surface area contributed by atoms with Gasteiger partial charge in [-0.15, -0.1) is 0 Å². The number of halogens is 1. The summed E-state index contributed by atoms with van der Waals surface area (Å²) in [6, 6.07) is 3.97. The lowest BCUT2D eigenvalue weighted by atomic mass is 10.1. The summed E-state index contributed by atoms with van der Waals surface area (Å²) in [5.41, 5.74) is -0.745. The molecule has 1 aromatic rings. The van der Waals surface area contributed by atoms with Gasteiger partial charge in [0.15, 0.2) is 5.57 Å². The second-order valence-corrected chi connectivity index (χ2v) is 3.01.